The highest BCUT2D eigenvalue weighted by atomic mass is 32.2. The van der Waals surface area contributed by atoms with Crippen molar-refractivity contribution >= 4 is 11.8 Å². The van der Waals surface area contributed by atoms with Crippen molar-refractivity contribution in [2.45, 2.75) is 20.3 Å². The number of thioether (sulfide) groups is 1. The normalized spacial score (nSPS) is 32.1. The van der Waals surface area contributed by atoms with Crippen LogP contribution in [0.3, 0.4) is 0 Å². The van der Waals surface area contributed by atoms with Gasteiger partial charge in [-0.25, -0.2) is 0 Å². The highest BCUT2D eigenvalue weighted by Gasteiger charge is 2.31. The van der Waals surface area contributed by atoms with E-state index in [1.54, 1.807) is 0 Å². The summed E-state index contributed by atoms with van der Waals surface area (Å²) in [5, 5.41) is 0. The molecule has 1 atom stereocenters. The lowest BCUT2D eigenvalue weighted by atomic mass is 9.78. The minimum absolute atomic E-state index is 0.484. The van der Waals surface area contributed by atoms with Crippen LogP contribution in [0, 0.1) is 11.3 Å². The summed E-state index contributed by atoms with van der Waals surface area (Å²) in [5.74, 6) is 3.36. The van der Waals surface area contributed by atoms with Crippen molar-refractivity contribution < 1.29 is 0 Å². The maximum Gasteiger partial charge on any atom is -0.00130 e. The average Bonchev–Trinajstić information content (AvgIpc) is 1.87. The molecule has 1 heterocycles. The number of rotatable bonds is 1. The highest BCUT2D eigenvalue weighted by molar-refractivity contribution is 7.99. The second-order valence-corrected chi connectivity index (χ2v) is 4.87. The quantitative estimate of drug-likeness (QED) is 0.630. The zero-order chi connectivity index (χ0) is 7.61. The van der Waals surface area contributed by atoms with E-state index in [0.29, 0.717) is 5.41 Å². The fourth-order valence-electron chi connectivity index (χ4n) is 1.51. The molecule has 0 aromatic carbocycles. The highest BCUT2D eigenvalue weighted by Crippen LogP contribution is 2.37. The van der Waals surface area contributed by atoms with Crippen LogP contribution in [0.5, 0.6) is 0 Å². The summed E-state index contributed by atoms with van der Waals surface area (Å²) in [4.78, 5) is 0. The van der Waals surface area contributed by atoms with E-state index in [1.807, 2.05) is 0 Å². The Balaban J connectivity index is 2.51. The summed E-state index contributed by atoms with van der Waals surface area (Å²) in [7, 11) is 0. The first kappa shape index (κ1) is 8.41. The molecule has 0 saturated carbocycles. The molecule has 0 amide bonds. The number of hydrogen-bond donors (Lipinski definition) is 1. The lowest BCUT2D eigenvalue weighted by Gasteiger charge is -2.37. The average molecular weight is 159 g/mol. The van der Waals surface area contributed by atoms with Crippen LogP contribution < -0.4 is 5.73 Å². The van der Waals surface area contributed by atoms with E-state index in [9.17, 15) is 0 Å². The zero-order valence-electron chi connectivity index (χ0n) is 6.89. The van der Waals surface area contributed by atoms with E-state index in [0.717, 1.165) is 12.5 Å². The van der Waals surface area contributed by atoms with Gasteiger partial charge in [0.05, 0.1) is 0 Å². The minimum atomic E-state index is 0.484. The van der Waals surface area contributed by atoms with Gasteiger partial charge in [0.25, 0.3) is 0 Å². The molecular formula is C8H17NS. The molecule has 10 heavy (non-hydrogen) atoms. The third-order valence-corrected chi connectivity index (χ3v) is 3.95. The molecule has 0 aromatic rings. The van der Waals surface area contributed by atoms with Crippen molar-refractivity contribution in [3.8, 4) is 0 Å². The molecule has 1 aliphatic heterocycles. The van der Waals surface area contributed by atoms with Crippen LogP contribution in [0.2, 0.25) is 0 Å². The van der Waals surface area contributed by atoms with Gasteiger partial charge in [-0.05, 0) is 35.8 Å². The second kappa shape index (κ2) is 3.14. The molecule has 0 radical (unpaired) electrons. The largest absolute Gasteiger partial charge is 0.330 e. The molecule has 1 nitrogen and oxygen atoms in total. The maximum absolute atomic E-state index is 5.67. The van der Waals surface area contributed by atoms with Gasteiger partial charge in [0, 0.05) is 0 Å². The van der Waals surface area contributed by atoms with Crippen molar-refractivity contribution in [1.82, 2.24) is 0 Å². The lowest BCUT2D eigenvalue weighted by Crippen LogP contribution is -2.36. The standard InChI is InChI=1S/C8H17NS/c1-8(2)6-10-4-3-7(8)5-9/h7H,3-6,9H2,1-2H3. The van der Waals surface area contributed by atoms with Crippen molar-refractivity contribution in [2.24, 2.45) is 17.1 Å². The van der Waals surface area contributed by atoms with Gasteiger partial charge in [0.1, 0.15) is 0 Å². The Hall–Kier alpha value is 0.310. The topological polar surface area (TPSA) is 26.0 Å². The van der Waals surface area contributed by atoms with Crippen LogP contribution >= 0.6 is 11.8 Å². The van der Waals surface area contributed by atoms with E-state index in [-0.39, 0.29) is 0 Å². The first-order valence-corrected chi connectivity index (χ1v) is 5.10. The van der Waals surface area contributed by atoms with Gasteiger partial charge < -0.3 is 5.73 Å². The third-order valence-electron chi connectivity index (χ3n) is 2.47. The van der Waals surface area contributed by atoms with Crippen LogP contribution in [0.1, 0.15) is 20.3 Å². The Kier molecular flexibility index (Phi) is 2.64. The van der Waals surface area contributed by atoms with Gasteiger partial charge in [-0.2, -0.15) is 11.8 Å². The van der Waals surface area contributed by atoms with Gasteiger partial charge in [-0.1, -0.05) is 13.8 Å². The molecule has 1 fully saturated rings. The van der Waals surface area contributed by atoms with Crippen LogP contribution in [0.25, 0.3) is 0 Å². The van der Waals surface area contributed by atoms with Gasteiger partial charge in [0.15, 0.2) is 0 Å². The summed E-state index contributed by atoms with van der Waals surface area (Å²) >= 11 is 2.07. The summed E-state index contributed by atoms with van der Waals surface area (Å²) in [6.45, 7) is 5.53. The van der Waals surface area contributed by atoms with Crippen LogP contribution in [0.4, 0.5) is 0 Å². The molecule has 2 heteroatoms. The second-order valence-electron chi connectivity index (χ2n) is 3.76. The molecule has 0 spiro atoms. The summed E-state index contributed by atoms with van der Waals surface area (Å²) in [5.41, 5.74) is 6.15. The van der Waals surface area contributed by atoms with Crippen LogP contribution in [-0.2, 0) is 0 Å². The van der Waals surface area contributed by atoms with E-state index in [2.05, 4.69) is 25.6 Å². The van der Waals surface area contributed by atoms with Crippen molar-refractivity contribution in [3.05, 3.63) is 0 Å². The van der Waals surface area contributed by atoms with Gasteiger partial charge >= 0.3 is 0 Å². The summed E-state index contributed by atoms with van der Waals surface area (Å²) in [6, 6.07) is 0. The number of nitrogens with two attached hydrogens (primary N) is 1. The van der Waals surface area contributed by atoms with Crippen LogP contribution in [-0.4, -0.2) is 18.1 Å². The first-order chi connectivity index (χ1) is 4.67. The van der Waals surface area contributed by atoms with Crippen molar-refractivity contribution in [2.75, 3.05) is 18.1 Å². The molecular weight excluding hydrogens is 142 g/mol. The molecule has 1 rings (SSSR count). The zero-order valence-corrected chi connectivity index (χ0v) is 7.71. The Bertz CT molecular complexity index is 112. The first-order valence-electron chi connectivity index (χ1n) is 3.94. The molecule has 1 saturated heterocycles. The molecule has 0 aromatic heterocycles. The Morgan fingerprint density at radius 3 is 2.70 bits per heavy atom. The van der Waals surface area contributed by atoms with E-state index in [1.165, 1.54) is 17.9 Å². The summed E-state index contributed by atoms with van der Waals surface area (Å²) < 4.78 is 0. The fraction of sp³-hybridized carbons (Fsp3) is 1.00. The Morgan fingerprint density at radius 1 is 1.60 bits per heavy atom. The van der Waals surface area contributed by atoms with Gasteiger partial charge in [0.2, 0.25) is 0 Å². The molecule has 1 unspecified atom stereocenters. The monoisotopic (exact) mass is 159 g/mol. The third kappa shape index (κ3) is 1.67. The van der Waals surface area contributed by atoms with E-state index < -0.39 is 0 Å². The fourth-order valence-corrected chi connectivity index (χ4v) is 2.86. The van der Waals surface area contributed by atoms with Crippen molar-refractivity contribution in [1.29, 1.82) is 0 Å². The molecule has 1 aliphatic rings. The Labute approximate surface area is 67.8 Å². The SMILES string of the molecule is CC1(C)CSCCC1CN. The molecule has 0 aliphatic carbocycles. The minimum Gasteiger partial charge on any atom is -0.330 e. The lowest BCUT2D eigenvalue weighted by molar-refractivity contribution is 0.241. The maximum atomic E-state index is 5.67. The van der Waals surface area contributed by atoms with Crippen molar-refractivity contribution in [3.63, 3.8) is 0 Å². The van der Waals surface area contributed by atoms with E-state index in [4.69, 9.17) is 5.73 Å². The molecule has 2 N–H and O–H groups in total. The van der Waals surface area contributed by atoms with E-state index >= 15 is 0 Å². The van der Waals surface area contributed by atoms with Gasteiger partial charge in [-0.3, -0.25) is 0 Å². The Morgan fingerprint density at radius 2 is 2.30 bits per heavy atom. The number of hydrogen-bond acceptors (Lipinski definition) is 2. The summed E-state index contributed by atoms with van der Waals surface area (Å²) in [6.07, 6.45) is 1.31. The molecule has 0 bridgehead atoms. The van der Waals surface area contributed by atoms with Gasteiger partial charge in [-0.15, -0.1) is 0 Å². The smallest absolute Gasteiger partial charge is 0.00130 e. The molecule has 60 valence electrons. The van der Waals surface area contributed by atoms with Crippen LogP contribution in [0.15, 0.2) is 0 Å². The predicted molar refractivity (Wildman–Crippen MR) is 48.3 cm³/mol. The predicted octanol–water partition coefficient (Wildman–Crippen LogP) is 1.72.